The molecule has 0 bridgehead atoms. The Kier molecular flexibility index (Phi) is 4.90. The molecule has 0 heterocycles. The fourth-order valence-corrected chi connectivity index (χ4v) is 2.55. The van der Waals surface area contributed by atoms with Crippen LogP contribution in [0.25, 0.3) is 5.57 Å². The Morgan fingerprint density at radius 1 is 1.50 bits per heavy atom. The first-order valence-corrected chi connectivity index (χ1v) is 6.96. The van der Waals surface area contributed by atoms with Gasteiger partial charge in [0, 0.05) is 18.5 Å². The van der Waals surface area contributed by atoms with E-state index in [9.17, 15) is 14.3 Å². The molecule has 1 aliphatic rings. The molecule has 1 aromatic carbocycles. The molecule has 0 aromatic heterocycles. The number of benzene rings is 1. The first-order chi connectivity index (χ1) is 9.56. The maximum Gasteiger partial charge on any atom is 0.244 e. The van der Waals surface area contributed by atoms with E-state index in [1.165, 1.54) is 18.2 Å². The van der Waals surface area contributed by atoms with Crippen molar-refractivity contribution in [2.24, 2.45) is 5.92 Å². The van der Waals surface area contributed by atoms with Crippen molar-refractivity contribution in [2.75, 3.05) is 6.54 Å². The highest BCUT2D eigenvalue weighted by molar-refractivity contribution is 5.94. The fraction of sp³-hybridized carbons (Fsp3) is 0.438. The van der Waals surface area contributed by atoms with Gasteiger partial charge in [0.05, 0.1) is 6.10 Å². The SMILES string of the molecule is CC(=CC(=O)NCC1CCCC1O)c1cccc(F)c1. The molecule has 4 heteroatoms. The van der Waals surface area contributed by atoms with Gasteiger partial charge in [0.15, 0.2) is 0 Å². The van der Waals surface area contributed by atoms with E-state index in [1.807, 2.05) is 0 Å². The summed E-state index contributed by atoms with van der Waals surface area (Å²) >= 11 is 0. The van der Waals surface area contributed by atoms with Crippen LogP contribution in [0.5, 0.6) is 0 Å². The standard InChI is InChI=1S/C16H20FNO2/c1-11(12-4-2-6-14(17)9-12)8-16(20)18-10-13-5-3-7-15(13)19/h2,4,6,8-9,13,15,19H,3,5,7,10H2,1H3,(H,18,20). The Labute approximate surface area is 118 Å². The number of carbonyl (C=O) groups excluding carboxylic acids is 1. The lowest BCUT2D eigenvalue weighted by Gasteiger charge is -2.14. The van der Waals surface area contributed by atoms with Gasteiger partial charge in [-0.2, -0.15) is 0 Å². The van der Waals surface area contributed by atoms with E-state index in [2.05, 4.69) is 5.32 Å². The van der Waals surface area contributed by atoms with Gasteiger partial charge < -0.3 is 10.4 Å². The third kappa shape index (κ3) is 3.90. The predicted molar refractivity (Wildman–Crippen MR) is 76.4 cm³/mol. The maximum atomic E-state index is 13.1. The third-order valence-corrected chi connectivity index (χ3v) is 3.78. The summed E-state index contributed by atoms with van der Waals surface area (Å²) in [4.78, 5) is 11.8. The van der Waals surface area contributed by atoms with Crippen LogP contribution < -0.4 is 5.32 Å². The second kappa shape index (κ2) is 6.66. The molecule has 2 unspecified atom stereocenters. The number of carbonyl (C=O) groups is 1. The van der Waals surface area contributed by atoms with Gasteiger partial charge in [0.1, 0.15) is 5.82 Å². The molecule has 0 radical (unpaired) electrons. The van der Waals surface area contributed by atoms with Crippen molar-refractivity contribution in [1.82, 2.24) is 5.32 Å². The van der Waals surface area contributed by atoms with Gasteiger partial charge in [-0.05, 0) is 43.0 Å². The highest BCUT2D eigenvalue weighted by Gasteiger charge is 2.25. The van der Waals surface area contributed by atoms with Gasteiger partial charge >= 0.3 is 0 Å². The normalized spacial score (nSPS) is 22.9. The number of nitrogens with one attached hydrogen (secondary N) is 1. The van der Waals surface area contributed by atoms with Crippen LogP contribution in [0.1, 0.15) is 31.7 Å². The lowest BCUT2D eigenvalue weighted by Crippen LogP contribution is -2.31. The Bertz CT molecular complexity index is 513. The van der Waals surface area contributed by atoms with Crippen LogP contribution in [0.2, 0.25) is 0 Å². The van der Waals surface area contributed by atoms with Gasteiger partial charge in [-0.3, -0.25) is 4.79 Å². The van der Waals surface area contributed by atoms with E-state index in [1.54, 1.807) is 19.1 Å². The molecule has 0 saturated heterocycles. The molecule has 2 rings (SSSR count). The third-order valence-electron chi connectivity index (χ3n) is 3.78. The average molecular weight is 277 g/mol. The Hall–Kier alpha value is -1.68. The number of hydrogen-bond acceptors (Lipinski definition) is 2. The Morgan fingerprint density at radius 3 is 2.95 bits per heavy atom. The molecule has 2 atom stereocenters. The molecule has 1 saturated carbocycles. The monoisotopic (exact) mass is 277 g/mol. The van der Waals surface area contributed by atoms with Gasteiger partial charge in [0.2, 0.25) is 5.91 Å². The summed E-state index contributed by atoms with van der Waals surface area (Å²) in [5, 5.41) is 12.5. The van der Waals surface area contributed by atoms with E-state index in [-0.39, 0.29) is 23.7 Å². The molecule has 108 valence electrons. The van der Waals surface area contributed by atoms with Crippen LogP contribution >= 0.6 is 0 Å². The second-order valence-electron chi connectivity index (χ2n) is 5.34. The second-order valence-corrected chi connectivity index (χ2v) is 5.34. The van der Waals surface area contributed by atoms with Crippen molar-refractivity contribution in [3.8, 4) is 0 Å². The van der Waals surface area contributed by atoms with Gasteiger partial charge in [-0.15, -0.1) is 0 Å². The minimum atomic E-state index is -0.315. The largest absolute Gasteiger partial charge is 0.393 e. The topological polar surface area (TPSA) is 49.3 Å². The van der Waals surface area contributed by atoms with E-state index < -0.39 is 0 Å². The molecule has 0 spiro atoms. The highest BCUT2D eigenvalue weighted by atomic mass is 19.1. The average Bonchev–Trinajstić information content (AvgIpc) is 2.82. The lowest BCUT2D eigenvalue weighted by molar-refractivity contribution is -0.116. The number of aliphatic hydroxyl groups excluding tert-OH is 1. The van der Waals surface area contributed by atoms with E-state index in [0.717, 1.165) is 19.3 Å². The molecular weight excluding hydrogens is 257 g/mol. The number of halogens is 1. The van der Waals surface area contributed by atoms with E-state index in [0.29, 0.717) is 17.7 Å². The predicted octanol–water partition coefficient (Wildman–Crippen LogP) is 2.51. The van der Waals surface area contributed by atoms with Crippen molar-refractivity contribution in [3.05, 3.63) is 41.7 Å². The van der Waals surface area contributed by atoms with Crippen molar-refractivity contribution >= 4 is 11.5 Å². The highest BCUT2D eigenvalue weighted by Crippen LogP contribution is 2.24. The zero-order valence-corrected chi connectivity index (χ0v) is 11.6. The van der Waals surface area contributed by atoms with Crippen LogP contribution in [-0.2, 0) is 4.79 Å². The number of amides is 1. The quantitative estimate of drug-likeness (QED) is 0.831. The van der Waals surface area contributed by atoms with Gasteiger partial charge in [-0.25, -0.2) is 4.39 Å². The molecule has 1 amide bonds. The molecule has 1 aromatic rings. The van der Waals surface area contributed by atoms with Crippen molar-refractivity contribution in [2.45, 2.75) is 32.3 Å². The molecule has 3 nitrogen and oxygen atoms in total. The zero-order valence-electron chi connectivity index (χ0n) is 11.6. The molecular formula is C16H20FNO2. The van der Waals surface area contributed by atoms with Crippen LogP contribution in [-0.4, -0.2) is 23.7 Å². The molecule has 1 fully saturated rings. The van der Waals surface area contributed by atoms with Crippen molar-refractivity contribution in [3.63, 3.8) is 0 Å². The van der Waals surface area contributed by atoms with Crippen LogP contribution in [0.15, 0.2) is 30.3 Å². The molecule has 20 heavy (non-hydrogen) atoms. The summed E-state index contributed by atoms with van der Waals surface area (Å²) in [5.41, 5.74) is 1.41. The van der Waals surface area contributed by atoms with E-state index >= 15 is 0 Å². The maximum absolute atomic E-state index is 13.1. The van der Waals surface area contributed by atoms with Crippen LogP contribution in [0, 0.1) is 11.7 Å². The minimum absolute atomic E-state index is 0.154. The van der Waals surface area contributed by atoms with Crippen molar-refractivity contribution < 1.29 is 14.3 Å². The zero-order chi connectivity index (χ0) is 14.5. The first-order valence-electron chi connectivity index (χ1n) is 6.96. The van der Waals surface area contributed by atoms with Gasteiger partial charge in [-0.1, -0.05) is 18.6 Å². The number of hydrogen-bond donors (Lipinski definition) is 2. The van der Waals surface area contributed by atoms with Crippen LogP contribution in [0.3, 0.4) is 0 Å². The summed E-state index contributed by atoms with van der Waals surface area (Å²) in [6.07, 6.45) is 3.95. The van der Waals surface area contributed by atoms with Crippen LogP contribution in [0.4, 0.5) is 4.39 Å². The van der Waals surface area contributed by atoms with Crippen molar-refractivity contribution in [1.29, 1.82) is 0 Å². The summed E-state index contributed by atoms with van der Waals surface area (Å²) < 4.78 is 13.1. The number of allylic oxidation sites excluding steroid dienone is 1. The first kappa shape index (κ1) is 14.7. The summed E-state index contributed by atoms with van der Waals surface area (Å²) in [6.45, 7) is 2.27. The number of rotatable bonds is 4. The number of aliphatic hydroxyl groups is 1. The summed E-state index contributed by atoms with van der Waals surface area (Å²) in [6, 6.07) is 6.16. The fourth-order valence-electron chi connectivity index (χ4n) is 2.55. The van der Waals surface area contributed by atoms with E-state index in [4.69, 9.17) is 0 Å². The Balaban J connectivity index is 1.91. The smallest absolute Gasteiger partial charge is 0.244 e. The molecule has 0 aliphatic heterocycles. The summed E-state index contributed by atoms with van der Waals surface area (Å²) in [5.74, 6) is -0.363. The minimum Gasteiger partial charge on any atom is -0.393 e. The van der Waals surface area contributed by atoms with Gasteiger partial charge in [0.25, 0.3) is 0 Å². The molecule has 1 aliphatic carbocycles. The molecule has 2 N–H and O–H groups in total. The summed E-state index contributed by atoms with van der Waals surface area (Å²) in [7, 11) is 0. The lowest BCUT2D eigenvalue weighted by atomic mass is 10.1. The Morgan fingerprint density at radius 2 is 2.30 bits per heavy atom.